The highest BCUT2D eigenvalue weighted by atomic mass is 35.5. The van der Waals surface area contributed by atoms with Gasteiger partial charge in [-0.15, -0.1) is 0 Å². The average molecular weight is 282 g/mol. The van der Waals surface area contributed by atoms with Crippen molar-refractivity contribution >= 4 is 17.6 Å². The summed E-state index contributed by atoms with van der Waals surface area (Å²) in [5, 5.41) is 4.13. The van der Waals surface area contributed by atoms with Crippen LogP contribution in [0.25, 0.3) is 0 Å². The maximum atomic E-state index is 11.6. The number of rotatable bonds is 5. The first-order valence-electron chi connectivity index (χ1n) is 6.87. The van der Waals surface area contributed by atoms with Crippen molar-refractivity contribution in [3.05, 3.63) is 34.9 Å². The zero-order valence-corrected chi connectivity index (χ0v) is 11.8. The Morgan fingerprint density at radius 2 is 2.11 bits per heavy atom. The van der Waals surface area contributed by atoms with Crippen LogP contribution in [0.2, 0.25) is 5.02 Å². The van der Waals surface area contributed by atoms with E-state index in [1.807, 2.05) is 12.1 Å². The van der Waals surface area contributed by atoms with Gasteiger partial charge in [-0.05, 0) is 43.5 Å². The second-order valence-electron chi connectivity index (χ2n) is 4.97. The first kappa shape index (κ1) is 14.4. The molecule has 1 heterocycles. The van der Waals surface area contributed by atoms with Crippen LogP contribution >= 0.6 is 11.6 Å². The Balaban J connectivity index is 1.65. The van der Waals surface area contributed by atoms with Crippen LogP contribution in [0.5, 0.6) is 0 Å². The number of benzene rings is 1. The Morgan fingerprint density at radius 3 is 2.79 bits per heavy atom. The predicted molar refractivity (Wildman–Crippen MR) is 76.1 cm³/mol. The van der Waals surface area contributed by atoms with E-state index in [2.05, 4.69) is 5.32 Å². The maximum absolute atomic E-state index is 11.6. The van der Waals surface area contributed by atoms with Crippen LogP contribution in [0, 0.1) is 0 Å². The van der Waals surface area contributed by atoms with Crippen LogP contribution in [-0.4, -0.2) is 18.6 Å². The number of nitrogens with one attached hydrogen (secondary N) is 1. The number of hydrogen-bond donors (Lipinski definition) is 1. The summed E-state index contributed by atoms with van der Waals surface area (Å²) in [6.45, 7) is 1.40. The molecule has 1 saturated heterocycles. The van der Waals surface area contributed by atoms with E-state index < -0.39 is 0 Å². The molecule has 1 atom stereocenters. The molecule has 0 bridgehead atoms. The van der Waals surface area contributed by atoms with Gasteiger partial charge < -0.3 is 10.1 Å². The Labute approximate surface area is 119 Å². The number of piperidine rings is 1. The molecule has 4 heteroatoms. The molecule has 1 unspecified atom stereocenters. The lowest BCUT2D eigenvalue weighted by molar-refractivity contribution is -0.145. The number of halogens is 1. The van der Waals surface area contributed by atoms with E-state index in [0.29, 0.717) is 24.1 Å². The van der Waals surface area contributed by atoms with Gasteiger partial charge >= 0.3 is 5.97 Å². The van der Waals surface area contributed by atoms with E-state index in [1.54, 1.807) is 12.1 Å². The summed E-state index contributed by atoms with van der Waals surface area (Å²) in [7, 11) is 0. The average Bonchev–Trinajstić information content (AvgIpc) is 2.45. The van der Waals surface area contributed by atoms with E-state index in [-0.39, 0.29) is 5.97 Å². The van der Waals surface area contributed by atoms with Gasteiger partial charge in [0.15, 0.2) is 0 Å². The summed E-state index contributed by atoms with van der Waals surface area (Å²) >= 11 is 5.80. The fourth-order valence-corrected chi connectivity index (χ4v) is 2.41. The van der Waals surface area contributed by atoms with Gasteiger partial charge in [0, 0.05) is 17.5 Å². The maximum Gasteiger partial charge on any atom is 0.306 e. The molecule has 0 aromatic heterocycles. The van der Waals surface area contributed by atoms with E-state index >= 15 is 0 Å². The third kappa shape index (κ3) is 5.21. The van der Waals surface area contributed by atoms with Crippen LogP contribution in [0.3, 0.4) is 0 Å². The molecule has 0 saturated carbocycles. The second kappa shape index (κ2) is 7.51. The van der Waals surface area contributed by atoms with Crippen molar-refractivity contribution in [2.24, 2.45) is 0 Å². The van der Waals surface area contributed by atoms with Gasteiger partial charge in [0.25, 0.3) is 0 Å². The lowest BCUT2D eigenvalue weighted by Gasteiger charge is -2.22. The van der Waals surface area contributed by atoms with Crippen LogP contribution in [-0.2, 0) is 16.1 Å². The Kier molecular flexibility index (Phi) is 5.67. The molecule has 0 amide bonds. The highest BCUT2D eigenvalue weighted by Crippen LogP contribution is 2.13. The summed E-state index contributed by atoms with van der Waals surface area (Å²) in [5.41, 5.74) is 0.966. The van der Waals surface area contributed by atoms with Crippen molar-refractivity contribution in [3.63, 3.8) is 0 Å². The normalized spacial score (nSPS) is 19.1. The summed E-state index contributed by atoms with van der Waals surface area (Å²) in [5.74, 6) is -0.123. The van der Waals surface area contributed by atoms with Gasteiger partial charge in [-0.3, -0.25) is 4.79 Å². The summed E-state index contributed by atoms with van der Waals surface area (Å²) < 4.78 is 5.25. The molecule has 1 aromatic rings. The van der Waals surface area contributed by atoms with Gasteiger partial charge in [-0.25, -0.2) is 0 Å². The minimum atomic E-state index is -0.123. The fraction of sp³-hybridized carbons (Fsp3) is 0.533. The molecule has 1 N–H and O–H groups in total. The molecular weight excluding hydrogens is 262 g/mol. The highest BCUT2D eigenvalue weighted by molar-refractivity contribution is 6.30. The monoisotopic (exact) mass is 281 g/mol. The van der Waals surface area contributed by atoms with Gasteiger partial charge in [-0.1, -0.05) is 30.2 Å². The molecule has 1 fully saturated rings. The molecule has 104 valence electrons. The molecule has 0 aliphatic carbocycles. The van der Waals surface area contributed by atoms with Gasteiger partial charge in [-0.2, -0.15) is 0 Å². The fourth-order valence-electron chi connectivity index (χ4n) is 2.28. The third-order valence-electron chi connectivity index (χ3n) is 3.42. The number of carbonyl (C=O) groups is 1. The van der Waals surface area contributed by atoms with Crippen molar-refractivity contribution in [1.82, 2.24) is 5.32 Å². The Hall–Kier alpha value is -1.06. The molecule has 0 spiro atoms. The Bertz CT molecular complexity index is 399. The first-order valence-corrected chi connectivity index (χ1v) is 7.25. The lowest BCUT2D eigenvalue weighted by Crippen LogP contribution is -2.34. The SMILES string of the molecule is O=C(CCC1CCCCN1)OCc1ccc(Cl)cc1. The second-order valence-corrected chi connectivity index (χ2v) is 5.41. The first-order chi connectivity index (χ1) is 9.24. The number of carbonyl (C=O) groups excluding carboxylic acids is 1. The minimum absolute atomic E-state index is 0.123. The number of ether oxygens (including phenoxy) is 1. The quantitative estimate of drug-likeness (QED) is 0.842. The van der Waals surface area contributed by atoms with Gasteiger partial charge in [0.1, 0.15) is 6.61 Å². The van der Waals surface area contributed by atoms with E-state index in [1.165, 1.54) is 19.3 Å². The van der Waals surface area contributed by atoms with E-state index in [0.717, 1.165) is 18.5 Å². The van der Waals surface area contributed by atoms with Crippen LogP contribution in [0.1, 0.15) is 37.7 Å². The molecular formula is C15H20ClNO2. The van der Waals surface area contributed by atoms with Crippen LogP contribution in [0.4, 0.5) is 0 Å². The zero-order chi connectivity index (χ0) is 13.5. The largest absolute Gasteiger partial charge is 0.461 e. The molecule has 19 heavy (non-hydrogen) atoms. The van der Waals surface area contributed by atoms with Gasteiger partial charge in [0.05, 0.1) is 0 Å². The summed E-state index contributed by atoms with van der Waals surface area (Å²) in [4.78, 5) is 11.6. The molecule has 1 aliphatic heterocycles. The molecule has 0 radical (unpaired) electrons. The zero-order valence-electron chi connectivity index (χ0n) is 11.0. The van der Waals surface area contributed by atoms with Crippen molar-refractivity contribution in [2.75, 3.05) is 6.54 Å². The third-order valence-corrected chi connectivity index (χ3v) is 3.67. The van der Waals surface area contributed by atoms with E-state index in [9.17, 15) is 4.79 Å². The molecule has 1 aliphatic rings. The van der Waals surface area contributed by atoms with Crippen molar-refractivity contribution < 1.29 is 9.53 Å². The number of esters is 1. The van der Waals surface area contributed by atoms with Crippen molar-refractivity contribution in [2.45, 2.75) is 44.8 Å². The predicted octanol–water partition coefficient (Wildman–Crippen LogP) is 3.31. The highest BCUT2D eigenvalue weighted by Gasteiger charge is 2.14. The Morgan fingerprint density at radius 1 is 1.32 bits per heavy atom. The lowest BCUT2D eigenvalue weighted by atomic mass is 10.0. The smallest absolute Gasteiger partial charge is 0.306 e. The van der Waals surface area contributed by atoms with Gasteiger partial charge in [0.2, 0.25) is 0 Å². The van der Waals surface area contributed by atoms with E-state index in [4.69, 9.17) is 16.3 Å². The molecule has 1 aromatic carbocycles. The van der Waals surface area contributed by atoms with Crippen LogP contribution < -0.4 is 5.32 Å². The summed E-state index contributed by atoms with van der Waals surface area (Å²) in [6.07, 6.45) is 5.05. The van der Waals surface area contributed by atoms with Crippen molar-refractivity contribution in [3.8, 4) is 0 Å². The minimum Gasteiger partial charge on any atom is -0.461 e. The molecule has 2 rings (SSSR count). The summed E-state index contributed by atoms with van der Waals surface area (Å²) in [6, 6.07) is 7.83. The van der Waals surface area contributed by atoms with Crippen molar-refractivity contribution in [1.29, 1.82) is 0 Å². The van der Waals surface area contributed by atoms with Crippen LogP contribution in [0.15, 0.2) is 24.3 Å². The molecule has 3 nitrogen and oxygen atoms in total. The topological polar surface area (TPSA) is 38.3 Å². The number of hydrogen-bond acceptors (Lipinski definition) is 3. The standard InChI is InChI=1S/C15H20ClNO2/c16-13-6-4-12(5-7-13)11-19-15(18)9-8-14-3-1-2-10-17-14/h4-7,14,17H,1-3,8-11H2.